The van der Waals surface area contributed by atoms with E-state index in [9.17, 15) is 4.39 Å². The van der Waals surface area contributed by atoms with E-state index in [4.69, 9.17) is 9.47 Å². The number of methoxy groups -OCH3 is 1. The molecule has 1 aromatic rings. The molecule has 0 aliphatic heterocycles. The SMILES string of the molecule is CCNC(=NCc1ccc(F)cc1)NCCCOCCOC.I. The van der Waals surface area contributed by atoms with Crippen LogP contribution in [0.1, 0.15) is 18.9 Å². The normalized spacial score (nSPS) is 11.0. The zero-order valence-electron chi connectivity index (χ0n) is 13.8. The summed E-state index contributed by atoms with van der Waals surface area (Å²) in [7, 11) is 1.66. The van der Waals surface area contributed by atoms with Crippen LogP contribution >= 0.6 is 24.0 Å². The number of rotatable bonds is 10. The minimum absolute atomic E-state index is 0. The molecule has 7 heteroatoms. The van der Waals surface area contributed by atoms with Crippen LogP contribution in [-0.2, 0) is 16.0 Å². The topological polar surface area (TPSA) is 54.9 Å². The monoisotopic (exact) mass is 439 g/mol. The van der Waals surface area contributed by atoms with Gasteiger partial charge in [0.05, 0.1) is 19.8 Å². The molecule has 132 valence electrons. The maximum atomic E-state index is 12.8. The lowest BCUT2D eigenvalue weighted by Gasteiger charge is -2.11. The summed E-state index contributed by atoms with van der Waals surface area (Å²) in [4.78, 5) is 4.47. The van der Waals surface area contributed by atoms with Gasteiger partial charge < -0.3 is 20.1 Å². The van der Waals surface area contributed by atoms with Crippen LogP contribution in [0.15, 0.2) is 29.3 Å². The molecular formula is C16H27FIN3O2. The fourth-order valence-electron chi connectivity index (χ4n) is 1.73. The molecule has 0 aromatic heterocycles. The number of hydrogen-bond donors (Lipinski definition) is 2. The van der Waals surface area contributed by atoms with Gasteiger partial charge in [-0.15, -0.1) is 24.0 Å². The molecule has 0 bridgehead atoms. The van der Waals surface area contributed by atoms with Crippen molar-refractivity contribution in [2.24, 2.45) is 4.99 Å². The minimum Gasteiger partial charge on any atom is -0.382 e. The minimum atomic E-state index is -0.230. The molecule has 5 nitrogen and oxygen atoms in total. The van der Waals surface area contributed by atoms with Gasteiger partial charge in [0.1, 0.15) is 5.82 Å². The first-order chi connectivity index (χ1) is 10.8. The first-order valence-corrected chi connectivity index (χ1v) is 7.59. The van der Waals surface area contributed by atoms with Crippen LogP contribution in [0.2, 0.25) is 0 Å². The number of hydrogen-bond acceptors (Lipinski definition) is 3. The molecule has 0 aliphatic carbocycles. The van der Waals surface area contributed by atoms with E-state index in [-0.39, 0.29) is 29.8 Å². The van der Waals surface area contributed by atoms with Crippen LogP contribution in [-0.4, -0.2) is 46.0 Å². The number of nitrogens with zero attached hydrogens (tertiary/aromatic N) is 1. The molecule has 0 fully saturated rings. The summed E-state index contributed by atoms with van der Waals surface area (Å²) in [5, 5.41) is 6.43. The number of guanidine groups is 1. The van der Waals surface area contributed by atoms with Crippen molar-refractivity contribution >= 4 is 29.9 Å². The summed E-state index contributed by atoms with van der Waals surface area (Å²) >= 11 is 0. The van der Waals surface area contributed by atoms with Crippen LogP contribution in [0.25, 0.3) is 0 Å². The Bertz CT molecular complexity index is 430. The lowest BCUT2D eigenvalue weighted by Crippen LogP contribution is -2.38. The summed E-state index contributed by atoms with van der Waals surface area (Å²) in [5.74, 6) is 0.523. The van der Waals surface area contributed by atoms with Crippen molar-refractivity contribution in [3.05, 3.63) is 35.6 Å². The Morgan fingerprint density at radius 1 is 1.13 bits per heavy atom. The Labute approximate surface area is 155 Å². The van der Waals surface area contributed by atoms with Crippen molar-refractivity contribution < 1.29 is 13.9 Å². The largest absolute Gasteiger partial charge is 0.382 e. The number of aliphatic imine (C=N–C) groups is 1. The van der Waals surface area contributed by atoms with E-state index in [1.54, 1.807) is 19.2 Å². The van der Waals surface area contributed by atoms with Gasteiger partial charge >= 0.3 is 0 Å². The maximum Gasteiger partial charge on any atom is 0.191 e. The van der Waals surface area contributed by atoms with Crippen LogP contribution in [0, 0.1) is 5.82 Å². The second-order valence-electron chi connectivity index (χ2n) is 4.71. The van der Waals surface area contributed by atoms with Crippen LogP contribution in [0.3, 0.4) is 0 Å². The smallest absolute Gasteiger partial charge is 0.191 e. The number of benzene rings is 1. The van der Waals surface area contributed by atoms with E-state index in [1.165, 1.54) is 12.1 Å². The first kappa shape index (κ1) is 22.1. The third-order valence-electron chi connectivity index (χ3n) is 2.87. The summed E-state index contributed by atoms with van der Waals surface area (Å²) in [5.41, 5.74) is 0.974. The number of ether oxygens (including phenoxy) is 2. The standard InChI is InChI=1S/C16H26FN3O2.HI/c1-3-18-16(19-9-4-10-22-12-11-21-2)20-13-14-5-7-15(17)8-6-14;/h5-8H,3-4,9-13H2,1-2H3,(H2,18,19,20);1H. The molecular weight excluding hydrogens is 412 g/mol. The van der Waals surface area contributed by atoms with Gasteiger partial charge in [-0.05, 0) is 31.0 Å². The van der Waals surface area contributed by atoms with E-state index >= 15 is 0 Å². The van der Waals surface area contributed by atoms with Crippen molar-refractivity contribution in [1.29, 1.82) is 0 Å². The zero-order valence-corrected chi connectivity index (χ0v) is 16.1. The average Bonchev–Trinajstić information content (AvgIpc) is 2.53. The molecule has 0 saturated heterocycles. The summed E-state index contributed by atoms with van der Waals surface area (Å²) in [6, 6.07) is 6.38. The molecule has 1 aromatic carbocycles. The quantitative estimate of drug-likeness (QED) is 0.255. The molecule has 0 heterocycles. The first-order valence-electron chi connectivity index (χ1n) is 7.59. The molecule has 2 N–H and O–H groups in total. The van der Waals surface area contributed by atoms with Crippen LogP contribution in [0.5, 0.6) is 0 Å². The Balaban J connectivity index is 0.00000484. The van der Waals surface area contributed by atoms with E-state index in [1.807, 2.05) is 6.92 Å². The molecule has 0 atom stereocenters. The second kappa shape index (κ2) is 14.6. The molecule has 0 unspecified atom stereocenters. The second-order valence-corrected chi connectivity index (χ2v) is 4.71. The lowest BCUT2D eigenvalue weighted by molar-refractivity contribution is 0.0698. The molecule has 0 spiro atoms. The lowest BCUT2D eigenvalue weighted by atomic mass is 10.2. The van der Waals surface area contributed by atoms with Crippen LogP contribution < -0.4 is 10.6 Å². The van der Waals surface area contributed by atoms with Crippen molar-refractivity contribution in [3.63, 3.8) is 0 Å². The van der Waals surface area contributed by atoms with Crippen molar-refractivity contribution in [2.75, 3.05) is 40.0 Å². The van der Waals surface area contributed by atoms with Crippen molar-refractivity contribution in [1.82, 2.24) is 10.6 Å². The van der Waals surface area contributed by atoms with Crippen molar-refractivity contribution in [3.8, 4) is 0 Å². The van der Waals surface area contributed by atoms with Gasteiger partial charge in [-0.1, -0.05) is 12.1 Å². The maximum absolute atomic E-state index is 12.8. The molecule has 0 amide bonds. The summed E-state index contributed by atoms with van der Waals surface area (Å²) in [6.07, 6.45) is 0.894. The highest BCUT2D eigenvalue weighted by molar-refractivity contribution is 14.0. The number of halogens is 2. The predicted molar refractivity (Wildman–Crippen MR) is 102 cm³/mol. The average molecular weight is 439 g/mol. The van der Waals surface area contributed by atoms with E-state index < -0.39 is 0 Å². The highest BCUT2D eigenvalue weighted by atomic mass is 127. The van der Waals surface area contributed by atoms with E-state index in [0.717, 1.165) is 31.0 Å². The molecule has 0 radical (unpaired) electrons. The highest BCUT2D eigenvalue weighted by Gasteiger charge is 1.98. The fraction of sp³-hybridized carbons (Fsp3) is 0.562. The summed E-state index contributed by atoms with van der Waals surface area (Å²) in [6.45, 7) is 6.03. The number of nitrogens with one attached hydrogen (secondary N) is 2. The molecule has 1 rings (SSSR count). The molecule has 23 heavy (non-hydrogen) atoms. The Hall–Kier alpha value is -0.930. The van der Waals surface area contributed by atoms with Gasteiger partial charge in [0, 0.05) is 26.8 Å². The Morgan fingerprint density at radius 3 is 2.52 bits per heavy atom. The van der Waals surface area contributed by atoms with Gasteiger partial charge in [-0.3, -0.25) is 0 Å². The zero-order chi connectivity index (χ0) is 16.0. The molecule has 0 saturated carbocycles. The van der Waals surface area contributed by atoms with Gasteiger partial charge in [0.15, 0.2) is 5.96 Å². The van der Waals surface area contributed by atoms with Gasteiger partial charge in [-0.2, -0.15) is 0 Å². The Morgan fingerprint density at radius 2 is 1.87 bits per heavy atom. The van der Waals surface area contributed by atoms with Crippen LogP contribution in [0.4, 0.5) is 4.39 Å². The van der Waals surface area contributed by atoms with Crippen molar-refractivity contribution in [2.45, 2.75) is 19.9 Å². The third-order valence-corrected chi connectivity index (χ3v) is 2.87. The van der Waals surface area contributed by atoms with E-state index in [2.05, 4.69) is 15.6 Å². The third kappa shape index (κ3) is 11.3. The van der Waals surface area contributed by atoms with Gasteiger partial charge in [0.25, 0.3) is 0 Å². The predicted octanol–water partition coefficient (Wildman–Crippen LogP) is 2.55. The van der Waals surface area contributed by atoms with Gasteiger partial charge in [0.2, 0.25) is 0 Å². The van der Waals surface area contributed by atoms with E-state index in [0.29, 0.717) is 26.4 Å². The molecule has 0 aliphatic rings. The fourth-order valence-corrected chi connectivity index (χ4v) is 1.73. The Kier molecular flexibility index (Phi) is 14.1. The summed E-state index contributed by atoms with van der Waals surface area (Å²) < 4.78 is 23.1. The van der Waals surface area contributed by atoms with Gasteiger partial charge in [-0.25, -0.2) is 9.38 Å². The highest BCUT2D eigenvalue weighted by Crippen LogP contribution is 2.03.